The van der Waals surface area contributed by atoms with E-state index in [0.29, 0.717) is 31.5 Å². The van der Waals surface area contributed by atoms with E-state index in [1.165, 1.54) is 16.6 Å². The van der Waals surface area contributed by atoms with Crippen LogP contribution in [0, 0.1) is 18.3 Å². The predicted molar refractivity (Wildman–Crippen MR) is 172 cm³/mol. The Labute approximate surface area is 254 Å². The molecule has 224 valence electrons. The van der Waals surface area contributed by atoms with Crippen molar-refractivity contribution in [2.75, 3.05) is 12.4 Å². The van der Waals surface area contributed by atoms with E-state index in [2.05, 4.69) is 67.5 Å². The number of methoxy groups -OCH3 is 1. The highest BCUT2D eigenvalue weighted by molar-refractivity contribution is 6.01. The Morgan fingerprint density at radius 1 is 0.930 bits per heavy atom. The number of H-pyrrole nitrogens is 1. The highest BCUT2D eigenvalue weighted by Gasteiger charge is 2.60. The molecule has 0 spiro atoms. The van der Waals surface area contributed by atoms with E-state index in [9.17, 15) is 9.59 Å². The summed E-state index contributed by atoms with van der Waals surface area (Å²) in [5.74, 6) is 1.18. The molecule has 0 saturated heterocycles. The Hall–Kier alpha value is -4.06. The summed E-state index contributed by atoms with van der Waals surface area (Å²) in [6.07, 6.45) is 4.64. The normalized spacial score (nSPS) is 20.4. The summed E-state index contributed by atoms with van der Waals surface area (Å²) in [5, 5.41) is 4.42. The van der Waals surface area contributed by atoms with Crippen LogP contribution in [0.4, 0.5) is 5.69 Å². The molecule has 4 aromatic rings. The van der Waals surface area contributed by atoms with Crippen molar-refractivity contribution in [1.29, 1.82) is 0 Å². The van der Waals surface area contributed by atoms with Crippen molar-refractivity contribution in [3.63, 3.8) is 0 Å². The standard InChI is InChI=1S/C37H43N3O3/c1-25-33(29-15-9-10-16-31(29)38-25)34-30(36(34,2)3)23-32(41)40(24-26-13-7-5-8-14-26)37(21-11-6-12-22-37)35(42)39-27-17-19-28(43-4)20-18-27/h5,7-10,13-20,30,34,38H,6,11-12,21-24H2,1-4H3,(H,39,42). The number of rotatable bonds is 9. The van der Waals surface area contributed by atoms with Crippen molar-refractivity contribution < 1.29 is 14.3 Å². The van der Waals surface area contributed by atoms with Gasteiger partial charge < -0.3 is 19.9 Å². The molecule has 43 heavy (non-hydrogen) atoms. The van der Waals surface area contributed by atoms with Gasteiger partial charge in [0.05, 0.1) is 7.11 Å². The van der Waals surface area contributed by atoms with Gasteiger partial charge in [-0.1, -0.05) is 81.6 Å². The summed E-state index contributed by atoms with van der Waals surface area (Å²) in [6, 6.07) is 26.0. The van der Waals surface area contributed by atoms with Crippen LogP contribution in [0.1, 0.15) is 75.1 Å². The molecule has 6 nitrogen and oxygen atoms in total. The Morgan fingerprint density at radius 3 is 2.30 bits per heavy atom. The van der Waals surface area contributed by atoms with E-state index in [4.69, 9.17) is 4.74 Å². The van der Waals surface area contributed by atoms with Crippen LogP contribution in [0.2, 0.25) is 0 Å². The first-order chi connectivity index (χ1) is 20.7. The highest BCUT2D eigenvalue weighted by atomic mass is 16.5. The topological polar surface area (TPSA) is 74.4 Å². The minimum atomic E-state index is -0.906. The average Bonchev–Trinajstić information content (AvgIpc) is 3.37. The van der Waals surface area contributed by atoms with Crippen LogP contribution >= 0.6 is 0 Å². The molecule has 0 bridgehead atoms. The van der Waals surface area contributed by atoms with Crippen LogP contribution in [0.3, 0.4) is 0 Å². The molecule has 1 heterocycles. The predicted octanol–water partition coefficient (Wildman–Crippen LogP) is 7.99. The number of anilines is 1. The molecule has 6 rings (SSSR count). The van der Waals surface area contributed by atoms with Crippen molar-refractivity contribution in [2.45, 2.75) is 77.3 Å². The zero-order valence-corrected chi connectivity index (χ0v) is 25.8. The molecular formula is C37H43N3O3. The lowest BCUT2D eigenvalue weighted by molar-refractivity contribution is -0.149. The van der Waals surface area contributed by atoms with E-state index in [0.717, 1.165) is 36.1 Å². The molecular weight excluding hydrogens is 534 g/mol. The molecule has 1 aromatic heterocycles. The minimum Gasteiger partial charge on any atom is -0.497 e. The maximum Gasteiger partial charge on any atom is 0.250 e. The number of ether oxygens (including phenoxy) is 1. The number of nitrogens with one attached hydrogen (secondary N) is 2. The number of nitrogens with zero attached hydrogens (tertiary/aromatic N) is 1. The molecule has 2 amide bonds. The number of aromatic nitrogens is 1. The van der Waals surface area contributed by atoms with Gasteiger partial charge in [-0.25, -0.2) is 0 Å². The second-order valence-corrected chi connectivity index (χ2v) is 13.1. The Morgan fingerprint density at radius 2 is 1.60 bits per heavy atom. The molecule has 0 aliphatic heterocycles. The number of amides is 2. The smallest absolute Gasteiger partial charge is 0.250 e. The second-order valence-electron chi connectivity index (χ2n) is 13.1. The van der Waals surface area contributed by atoms with Gasteiger partial charge in [-0.05, 0) is 78.5 Å². The van der Waals surface area contributed by atoms with Crippen molar-refractivity contribution in [3.8, 4) is 5.75 Å². The van der Waals surface area contributed by atoms with Crippen LogP contribution in [0.25, 0.3) is 10.9 Å². The molecule has 2 unspecified atom stereocenters. The van der Waals surface area contributed by atoms with Crippen molar-refractivity contribution in [1.82, 2.24) is 9.88 Å². The van der Waals surface area contributed by atoms with E-state index in [-0.39, 0.29) is 29.1 Å². The second kappa shape index (κ2) is 11.6. The minimum absolute atomic E-state index is 0.0190. The van der Waals surface area contributed by atoms with Crippen LogP contribution in [-0.4, -0.2) is 34.3 Å². The highest BCUT2D eigenvalue weighted by Crippen LogP contribution is 2.67. The van der Waals surface area contributed by atoms with E-state index >= 15 is 0 Å². The summed E-state index contributed by atoms with van der Waals surface area (Å²) < 4.78 is 5.30. The van der Waals surface area contributed by atoms with E-state index in [1.807, 2.05) is 47.4 Å². The van der Waals surface area contributed by atoms with Gasteiger partial charge in [-0.3, -0.25) is 9.59 Å². The number of aromatic amines is 1. The summed E-state index contributed by atoms with van der Waals surface area (Å²) in [7, 11) is 1.63. The molecule has 0 radical (unpaired) electrons. The third kappa shape index (κ3) is 5.44. The number of fused-ring (bicyclic) bond motifs is 1. The van der Waals surface area contributed by atoms with Gasteiger partial charge in [0, 0.05) is 35.2 Å². The van der Waals surface area contributed by atoms with Crippen molar-refractivity contribution in [3.05, 3.63) is 95.7 Å². The Balaban J connectivity index is 1.32. The molecule has 2 atom stereocenters. The maximum atomic E-state index is 14.6. The van der Waals surface area contributed by atoms with Crippen LogP contribution in [0.15, 0.2) is 78.9 Å². The van der Waals surface area contributed by atoms with Gasteiger partial charge in [-0.15, -0.1) is 0 Å². The number of para-hydroxylation sites is 1. The summed E-state index contributed by atoms with van der Waals surface area (Å²) in [6.45, 7) is 7.13. The molecule has 2 fully saturated rings. The lowest BCUT2D eigenvalue weighted by atomic mass is 9.78. The average molecular weight is 578 g/mol. The third-order valence-electron chi connectivity index (χ3n) is 10.2. The Bertz CT molecular complexity index is 1600. The molecule has 2 aliphatic rings. The lowest BCUT2D eigenvalue weighted by Gasteiger charge is -2.45. The first kappa shape index (κ1) is 29.0. The van der Waals surface area contributed by atoms with Gasteiger partial charge in [0.1, 0.15) is 11.3 Å². The Kier molecular flexibility index (Phi) is 7.80. The summed E-state index contributed by atoms with van der Waals surface area (Å²) in [5.41, 5.74) is 4.48. The SMILES string of the molecule is COc1ccc(NC(=O)C2(N(Cc3ccccc3)C(=O)CC3C(c4c(C)[nH]c5ccccc45)C3(C)C)CCCCC2)cc1. The number of carbonyl (C=O) groups is 2. The fourth-order valence-electron chi connectivity index (χ4n) is 7.62. The number of carbonyl (C=O) groups excluding carboxylic acids is 2. The van der Waals surface area contributed by atoms with Gasteiger partial charge in [0.2, 0.25) is 11.8 Å². The molecule has 2 aliphatic carbocycles. The van der Waals surface area contributed by atoms with Crippen molar-refractivity contribution >= 4 is 28.4 Å². The first-order valence-corrected chi connectivity index (χ1v) is 15.6. The largest absolute Gasteiger partial charge is 0.497 e. The molecule has 2 N–H and O–H groups in total. The molecule has 2 saturated carbocycles. The van der Waals surface area contributed by atoms with Crippen LogP contribution < -0.4 is 10.1 Å². The van der Waals surface area contributed by atoms with Crippen LogP contribution in [-0.2, 0) is 16.1 Å². The first-order valence-electron chi connectivity index (χ1n) is 15.6. The maximum absolute atomic E-state index is 14.6. The number of hydrogen-bond acceptors (Lipinski definition) is 3. The van der Waals surface area contributed by atoms with E-state index < -0.39 is 5.54 Å². The van der Waals surface area contributed by atoms with Gasteiger partial charge in [-0.2, -0.15) is 0 Å². The van der Waals surface area contributed by atoms with Gasteiger partial charge in [0.15, 0.2) is 0 Å². The molecule has 3 aromatic carbocycles. The molecule has 6 heteroatoms. The fraction of sp³-hybridized carbons (Fsp3) is 0.405. The summed E-state index contributed by atoms with van der Waals surface area (Å²) in [4.78, 5) is 34.4. The van der Waals surface area contributed by atoms with Crippen molar-refractivity contribution in [2.24, 2.45) is 11.3 Å². The summed E-state index contributed by atoms with van der Waals surface area (Å²) >= 11 is 0. The number of benzene rings is 3. The third-order valence-corrected chi connectivity index (χ3v) is 10.2. The quantitative estimate of drug-likeness (QED) is 0.212. The number of aryl methyl sites for hydroxylation is 1. The number of hydrogen-bond donors (Lipinski definition) is 2. The van der Waals surface area contributed by atoms with Gasteiger partial charge in [0.25, 0.3) is 0 Å². The van der Waals surface area contributed by atoms with Crippen LogP contribution in [0.5, 0.6) is 5.75 Å². The van der Waals surface area contributed by atoms with Gasteiger partial charge >= 0.3 is 0 Å². The zero-order valence-electron chi connectivity index (χ0n) is 25.8. The fourth-order valence-corrected chi connectivity index (χ4v) is 7.62. The monoisotopic (exact) mass is 577 g/mol. The lowest BCUT2D eigenvalue weighted by Crippen LogP contribution is -2.59. The van der Waals surface area contributed by atoms with E-state index in [1.54, 1.807) is 7.11 Å². The zero-order chi connectivity index (χ0) is 30.2.